The molecular formula is C26H31N4O7+. The van der Waals surface area contributed by atoms with Crippen LogP contribution in [0.1, 0.15) is 16.1 Å². The summed E-state index contributed by atoms with van der Waals surface area (Å²) in [5.41, 5.74) is 2.34. The van der Waals surface area contributed by atoms with E-state index in [2.05, 4.69) is 21.3 Å². The highest BCUT2D eigenvalue weighted by atomic mass is 16.7. The van der Waals surface area contributed by atoms with Gasteiger partial charge in [-0.15, -0.1) is 0 Å². The molecule has 2 aliphatic heterocycles. The van der Waals surface area contributed by atoms with Crippen LogP contribution in [0.2, 0.25) is 0 Å². The average Bonchev–Trinajstić information content (AvgIpc) is 3.52. The number of ether oxygens (including phenoxy) is 5. The Morgan fingerprint density at radius 3 is 2.49 bits per heavy atom. The number of piperazine rings is 1. The van der Waals surface area contributed by atoms with Crippen LogP contribution in [-0.2, 0) is 16.1 Å². The Bertz CT molecular complexity index is 1310. The molecule has 1 saturated heterocycles. The van der Waals surface area contributed by atoms with Gasteiger partial charge in [0.2, 0.25) is 6.79 Å². The van der Waals surface area contributed by atoms with Gasteiger partial charge in [0.1, 0.15) is 5.69 Å². The Balaban J connectivity index is 1.23. The number of methoxy groups -OCH3 is 3. The third kappa shape index (κ3) is 5.13. The number of hydrogen-bond donors (Lipinski definition) is 3. The average molecular weight is 512 g/mol. The van der Waals surface area contributed by atoms with E-state index < -0.39 is 5.97 Å². The minimum absolute atomic E-state index is 0.171. The first-order chi connectivity index (χ1) is 18.0. The number of aromatic nitrogens is 1. The molecule has 37 heavy (non-hydrogen) atoms. The summed E-state index contributed by atoms with van der Waals surface area (Å²) in [6, 6.07) is 9.49. The lowest BCUT2D eigenvalue weighted by atomic mass is 10.1. The Morgan fingerprint density at radius 1 is 1.03 bits per heavy atom. The van der Waals surface area contributed by atoms with Crippen molar-refractivity contribution in [3.8, 4) is 23.0 Å². The molecule has 3 aromatic rings. The van der Waals surface area contributed by atoms with Crippen molar-refractivity contribution in [3.05, 3.63) is 41.6 Å². The van der Waals surface area contributed by atoms with Crippen LogP contribution in [0.15, 0.2) is 30.3 Å². The van der Waals surface area contributed by atoms with Gasteiger partial charge in [-0.05, 0) is 23.8 Å². The molecule has 3 heterocycles. The normalized spacial score (nSPS) is 15.5. The fourth-order valence-electron chi connectivity index (χ4n) is 4.82. The molecule has 1 amide bonds. The Hall–Kier alpha value is -3.96. The van der Waals surface area contributed by atoms with Crippen molar-refractivity contribution >= 4 is 28.5 Å². The summed E-state index contributed by atoms with van der Waals surface area (Å²) in [5, 5.41) is 3.57. The lowest BCUT2D eigenvalue weighted by Gasteiger charge is -2.31. The van der Waals surface area contributed by atoms with E-state index in [-0.39, 0.29) is 18.4 Å². The minimum Gasteiger partial charge on any atom is -0.493 e. The van der Waals surface area contributed by atoms with Crippen molar-refractivity contribution in [2.75, 3.05) is 66.2 Å². The van der Waals surface area contributed by atoms with E-state index >= 15 is 0 Å². The van der Waals surface area contributed by atoms with Crippen molar-refractivity contribution in [2.45, 2.75) is 6.54 Å². The first-order valence-corrected chi connectivity index (χ1v) is 12.1. The third-order valence-electron chi connectivity index (χ3n) is 6.77. The van der Waals surface area contributed by atoms with Gasteiger partial charge in [0.15, 0.2) is 29.5 Å². The van der Waals surface area contributed by atoms with Crippen molar-refractivity contribution in [1.82, 2.24) is 9.88 Å². The molecule has 0 bridgehead atoms. The van der Waals surface area contributed by atoms with Crippen LogP contribution in [0, 0.1) is 0 Å². The molecule has 11 heteroatoms. The molecule has 0 atom stereocenters. The van der Waals surface area contributed by atoms with Gasteiger partial charge in [-0.1, -0.05) is 6.07 Å². The van der Waals surface area contributed by atoms with E-state index in [0.29, 0.717) is 34.6 Å². The van der Waals surface area contributed by atoms with E-state index in [0.717, 1.165) is 44.2 Å². The highest BCUT2D eigenvalue weighted by molar-refractivity contribution is 6.11. The van der Waals surface area contributed by atoms with Crippen LogP contribution >= 0.6 is 0 Å². The van der Waals surface area contributed by atoms with Gasteiger partial charge in [-0.3, -0.25) is 9.69 Å². The largest absolute Gasteiger partial charge is 0.493 e. The quantitative estimate of drug-likeness (QED) is 0.385. The second kappa shape index (κ2) is 10.6. The number of hydrogen-bond acceptors (Lipinski definition) is 8. The van der Waals surface area contributed by atoms with Crippen LogP contribution in [0.25, 0.3) is 10.9 Å². The molecular weight excluding hydrogens is 480 g/mol. The lowest BCUT2D eigenvalue weighted by molar-refractivity contribution is -0.896. The predicted octanol–water partition coefficient (Wildman–Crippen LogP) is 1.04. The maximum Gasteiger partial charge on any atom is 0.356 e. The molecule has 2 aromatic carbocycles. The number of anilines is 1. The molecule has 1 aromatic heterocycles. The van der Waals surface area contributed by atoms with Gasteiger partial charge in [0.25, 0.3) is 5.91 Å². The Kier molecular flexibility index (Phi) is 7.06. The number of carbonyl (C=O) groups excluding carboxylic acids is 2. The topological polar surface area (TPSA) is 116 Å². The summed E-state index contributed by atoms with van der Waals surface area (Å²) in [7, 11) is 4.37. The van der Waals surface area contributed by atoms with Gasteiger partial charge in [0, 0.05) is 31.1 Å². The number of benzene rings is 2. The first kappa shape index (κ1) is 24.7. The number of amides is 1. The van der Waals surface area contributed by atoms with Gasteiger partial charge >= 0.3 is 5.97 Å². The minimum atomic E-state index is -0.575. The molecule has 0 unspecified atom stereocenters. The van der Waals surface area contributed by atoms with E-state index in [4.69, 9.17) is 23.7 Å². The van der Waals surface area contributed by atoms with Crippen molar-refractivity contribution in [2.24, 2.45) is 0 Å². The summed E-state index contributed by atoms with van der Waals surface area (Å²) < 4.78 is 26.6. The number of H-pyrrole nitrogens is 1. The highest BCUT2D eigenvalue weighted by Gasteiger charge is 2.26. The lowest BCUT2D eigenvalue weighted by Crippen LogP contribution is -3.15. The molecule has 0 saturated carbocycles. The van der Waals surface area contributed by atoms with Crippen LogP contribution in [0.4, 0.5) is 5.69 Å². The standard InChI is InChI=1S/C26H30N4O7/c1-33-20-11-17-18(12-21(20)34-2)27-25(26(32)35-3)24(17)28-23(31)14-30-8-6-29(7-9-30)13-16-4-5-19-22(10-16)37-15-36-19/h4-5,10-12,27H,6-9,13-15H2,1-3H3,(H,28,31)/p+1. The second-order valence-corrected chi connectivity index (χ2v) is 9.06. The number of aromatic amines is 1. The van der Waals surface area contributed by atoms with Crippen molar-refractivity contribution < 1.29 is 38.2 Å². The highest BCUT2D eigenvalue weighted by Crippen LogP contribution is 2.37. The number of fused-ring (bicyclic) bond motifs is 2. The van der Waals surface area contributed by atoms with Crippen LogP contribution in [0.3, 0.4) is 0 Å². The second-order valence-electron chi connectivity index (χ2n) is 9.06. The van der Waals surface area contributed by atoms with Crippen molar-refractivity contribution in [3.63, 3.8) is 0 Å². The fourth-order valence-corrected chi connectivity index (χ4v) is 4.82. The van der Waals surface area contributed by atoms with Crippen LogP contribution in [-0.4, -0.2) is 82.6 Å². The monoisotopic (exact) mass is 511 g/mol. The Morgan fingerprint density at radius 2 is 1.76 bits per heavy atom. The summed E-state index contributed by atoms with van der Waals surface area (Å²) in [6.07, 6.45) is 0. The number of quaternary nitrogens is 1. The van der Waals surface area contributed by atoms with Gasteiger partial charge in [0.05, 0.1) is 45.6 Å². The molecule has 196 valence electrons. The number of nitrogens with one attached hydrogen (secondary N) is 3. The van der Waals surface area contributed by atoms with E-state index in [1.807, 2.05) is 12.1 Å². The zero-order valence-corrected chi connectivity index (χ0v) is 21.1. The number of nitrogens with zero attached hydrogens (tertiary/aromatic N) is 1. The fraction of sp³-hybridized carbons (Fsp3) is 0.385. The van der Waals surface area contributed by atoms with Crippen molar-refractivity contribution in [1.29, 1.82) is 0 Å². The van der Waals surface area contributed by atoms with E-state index in [1.54, 1.807) is 12.1 Å². The number of rotatable bonds is 8. The van der Waals surface area contributed by atoms with E-state index in [1.165, 1.54) is 31.8 Å². The van der Waals surface area contributed by atoms with E-state index in [9.17, 15) is 9.59 Å². The summed E-state index contributed by atoms with van der Waals surface area (Å²) in [6.45, 7) is 4.78. The maximum atomic E-state index is 13.1. The number of esters is 1. The van der Waals surface area contributed by atoms with Gasteiger partial charge < -0.3 is 38.9 Å². The SMILES string of the molecule is COC(=O)c1[nH]c2cc(OC)c(OC)cc2c1NC(=O)C[NH+]1CCN(Cc2ccc3c(c2)OCO3)CC1. The zero-order chi connectivity index (χ0) is 25.9. The van der Waals surface area contributed by atoms with Gasteiger partial charge in [-0.2, -0.15) is 0 Å². The van der Waals surface area contributed by atoms with Gasteiger partial charge in [-0.25, -0.2) is 4.79 Å². The molecule has 1 fully saturated rings. The molecule has 2 aliphatic rings. The van der Waals surface area contributed by atoms with Crippen LogP contribution in [0.5, 0.6) is 23.0 Å². The zero-order valence-electron chi connectivity index (χ0n) is 21.1. The predicted molar refractivity (Wildman–Crippen MR) is 135 cm³/mol. The Labute approximate surface area is 214 Å². The summed E-state index contributed by atoms with van der Waals surface area (Å²) in [4.78, 5) is 32.1. The first-order valence-electron chi connectivity index (χ1n) is 12.1. The van der Waals surface area contributed by atoms with Crippen LogP contribution < -0.4 is 29.2 Å². The molecule has 11 nitrogen and oxygen atoms in total. The molecule has 0 spiro atoms. The maximum absolute atomic E-state index is 13.1. The molecule has 0 radical (unpaired) electrons. The summed E-state index contributed by atoms with van der Waals surface area (Å²) >= 11 is 0. The molecule has 5 rings (SSSR count). The number of carbonyl (C=O) groups is 2. The molecule has 3 N–H and O–H groups in total. The third-order valence-corrected chi connectivity index (χ3v) is 6.77. The molecule has 0 aliphatic carbocycles. The summed E-state index contributed by atoms with van der Waals surface area (Å²) in [5.74, 6) is 1.82. The smallest absolute Gasteiger partial charge is 0.356 e.